The summed E-state index contributed by atoms with van der Waals surface area (Å²) >= 11 is 1.68. The second kappa shape index (κ2) is 11.1. The summed E-state index contributed by atoms with van der Waals surface area (Å²) in [6.45, 7) is 13.1. The Balaban J connectivity index is 0.000000398. The van der Waals surface area contributed by atoms with Crippen LogP contribution in [0.1, 0.15) is 58.1 Å². The highest BCUT2D eigenvalue weighted by atomic mass is 32.2. The lowest BCUT2D eigenvalue weighted by atomic mass is 9.94. The van der Waals surface area contributed by atoms with Crippen molar-refractivity contribution in [2.45, 2.75) is 58.3 Å². The molecule has 0 spiro atoms. The van der Waals surface area contributed by atoms with E-state index < -0.39 is 0 Å². The molecule has 4 heteroatoms. The molecule has 1 aliphatic carbocycles. The van der Waals surface area contributed by atoms with E-state index in [9.17, 15) is 0 Å². The van der Waals surface area contributed by atoms with Crippen molar-refractivity contribution in [2.24, 2.45) is 15.9 Å². The Morgan fingerprint density at radius 2 is 1.91 bits per heavy atom. The molecule has 0 radical (unpaired) electrons. The quantitative estimate of drug-likeness (QED) is 0.330. The van der Waals surface area contributed by atoms with E-state index in [1.807, 2.05) is 6.20 Å². The first kappa shape index (κ1) is 24.3. The summed E-state index contributed by atoms with van der Waals surface area (Å²) in [4.78, 5) is 10.2. The minimum atomic E-state index is 0.748. The molecule has 0 unspecified atom stereocenters. The Morgan fingerprint density at radius 3 is 2.50 bits per heavy atom. The number of nitrogens with zero attached hydrogens (tertiary/aromatic N) is 2. The highest BCUT2D eigenvalue weighted by molar-refractivity contribution is 7.97. The Kier molecular flexibility index (Phi) is 7.89. The minimum Gasteiger partial charge on any atom is -0.327 e. The molecule has 0 amide bonds. The van der Waals surface area contributed by atoms with Crippen LogP contribution in [0.2, 0.25) is 0 Å². The molecule has 0 aromatic heterocycles. The largest absolute Gasteiger partial charge is 0.327 e. The molecular formula is C30H35N3S. The van der Waals surface area contributed by atoms with Crippen LogP contribution in [0.4, 0.5) is 0 Å². The molecule has 34 heavy (non-hydrogen) atoms. The monoisotopic (exact) mass is 469 g/mol. The van der Waals surface area contributed by atoms with Crippen molar-refractivity contribution in [3.05, 3.63) is 89.3 Å². The third-order valence-electron chi connectivity index (χ3n) is 6.67. The van der Waals surface area contributed by atoms with Crippen molar-refractivity contribution in [1.82, 2.24) is 4.72 Å². The number of nitrogens with one attached hydrogen (secondary N) is 1. The third-order valence-corrected chi connectivity index (χ3v) is 7.60. The lowest BCUT2D eigenvalue weighted by molar-refractivity contribution is 1.02. The first-order valence-corrected chi connectivity index (χ1v) is 13.0. The van der Waals surface area contributed by atoms with Gasteiger partial charge in [0.25, 0.3) is 0 Å². The molecule has 2 heterocycles. The van der Waals surface area contributed by atoms with Gasteiger partial charge in [0.05, 0.1) is 12.3 Å². The molecule has 2 aromatic carbocycles. The number of aryl methyl sites for hydroxylation is 1. The van der Waals surface area contributed by atoms with E-state index in [2.05, 4.69) is 97.5 Å². The van der Waals surface area contributed by atoms with E-state index in [4.69, 9.17) is 0 Å². The second-order valence-electron chi connectivity index (χ2n) is 9.22. The summed E-state index contributed by atoms with van der Waals surface area (Å²) in [6, 6.07) is 15.4. The molecule has 3 aliphatic rings. The summed E-state index contributed by atoms with van der Waals surface area (Å²) in [5.74, 6) is 0.907. The Morgan fingerprint density at radius 1 is 1.12 bits per heavy atom. The third kappa shape index (κ3) is 5.79. The molecule has 1 N–H and O–H groups in total. The van der Waals surface area contributed by atoms with E-state index >= 15 is 0 Å². The van der Waals surface area contributed by atoms with Gasteiger partial charge in [-0.3, -0.25) is 9.98 Å². The van der Waals surface area contributed by atoms with Crippen LogP contribution in [0, 0.1) is 5.92 Å². The fraction of sp³-hybridized carbons (Fsp3) is 0.333. The SMILES string of the molecule is C=C(C)C1CC1.CCc1cc(C2=NC=CC2)ccc1-c1ccccc1SNC1=C(C)C(C)=NC1. The molecule has 3 nitrogen and oxygen atoms in total. The van der Waals surface area contributed by atoms with Gasteiger partial charge in [-0.25, -0.2) is 0 Å². The lowest BCUT2D eigenvalue weighted by Gasteiger charge is -2.15. The maximum Gasteiger partial charge on any atom is 0.0801 e. The maximum atomic E-state index is 4.52. The van der Waals surface area contributed by atoms with Crippen molar-refractivity contribution >= 4 is 23.4 Å². The number of allylic oxidation sites excluding steroid dienone is 3. The van der Waals surface area contributed by atoms with Crippen LogP contribution in [0.3, 0.4) is 0 Å². The number of aliphatic imine (C=N–C) groups is 2. The van der Waals surface area contributed by atoms with Crippen LogP contribution in [0.5, 0.6) is 0 Å². The van der Waals surface area contributed by atoms with Gasteiger partial charge >= 0.3 is 0 Å². The molecule has 0 saturated heterocycles. The lowest BCUT2D eigenvalue weighted by Crippen LogP contribution is -2.07. The molecule has 2 aromatic rings. The van der Waals surface area contributed by atoms with Crippen molar-refractivity contribution in [1.29, 1.82) is 0 Å². The van der Waals surface area contributed by atoms with Gasteiger partial charge in [-0.1, -0.05) is 55.5 Å². The van der Waals surface area contributed by atoms with Gasteiger partial charge in [0.15, 0.2) is 0 Å². The van der Waals surface area contributed by atoms with Crippen molar-refractivity contribution in [3.63, 3.8) is 0 Å². The fourth-order valence-corrected chi connectivity index (χ4v) is 5.00. The molecular weight excluding hydrogens is 434 g/mol. The van der Waals surface area contributed by atoms with Crippen LogP contribution in [-0.2, 0) is 6.42 Å². The molecule has 176 valence electrons. The topological polar surface area (TPSA) is 36.8 Å². The number of hydrogen-bond donors (Lipinski definition) is 1. The van der Waals surface area contributed by atoms with Crippen molar-refractivity contribution < 1.29 is 0 Å². The molecule has 1 saturated carbocycles. The molecule has 1 fully saturated rings. The van der Waals surface area contributed by atoms with E-state index in [1.54, 1.807) is 11.9 Å². The van der Waals surface area contributed by atoms with Crippen LogP contribution in [0.25, 0.3) is 11.1 Å². The van der Waals surface area contributed by atoms with Gasteiger partial charge in [-0.2, -0.15) is 0 Å². The van der Waals surface area contributed by atoms with Crippen molar-refractivity contribution in [2.75, 3.05) is 6.54 Å². The summed E-state index contributed by atoms with van der Waals surface area (Å²) in [5, 5.41) is 0. The average Bonchev–Trinajstić information content (AvgIpc) is 3.49. The summed E-state index contributed by atoms with van der Waals surface area (Å²) in [5.41, 5.74) is 11.3. The van der Waals surface area contributed by atoms with Crippen LogP contribution in [-0.4, -0.2) is 18.0 Å². The van der Waals surface area contributed by atoms with Gasteiger partial charge in [0.1, 0.15) is 0 Å². The zero-order chi connectivity index (χ0) is 24.1. The van der Waals surface area contributed by atoms with Gasteiger partial charge in [-0.15, -0.1) is 0 Å². The van der Waals surface area contributed by atoms with Crippen molar-refractivity contribution in [3.8, 4) is 11.1 Å². The van der Waals surface area contributed by atoms with Crippen LogP contribution < -0.4 is 4.72 Å². The van der Waals surface area contributed by atoms with Gasteiger partial charge in [-0.05, 0) is 97.9 Å². The number of benzene rings is 2. The Labute approximate surface area is 209 Å². The van der Waals surface area contributed by atoms with Crippen LogP contribution in [0.15, 0.2) is 93.0 Å². The maximum absolute atomic E-state index is 4.52. The van der Waals surface area contributed by atoms with E-state index in [0.29, 0.717) is 0 Å². The Bertz CT molecular complexity index is 1200. The van der Waals surface area contributed by atoms with Gasteiger partial charge in [0, 0.05) is 28.9 Å². The van der Waals surface area contributed by atoms with Crippen LogP contribution >= 0.6 is 11.9 Å². The number of hydrogen-bond acceptors (Lipinski definition) is 4. The number of rotatable bonds is 7. The molecule has 2 aliphatic heterocycles. The normalized spacial score (nSPS) is 16.7. The minimum absolute atomic E-state index is 0.748. The molecule has 0 atom stereocenters. The summed E-state index contributed by atoms with van der Waals surface area (Å²) in [7, 11) is 0. The van der Waals surface area contributed by atoms with Gasteiger partial charge in [0.2, 0.25) is 0 Å². The molecule has 5 rings (SSSR count). The smallest absolute Gasteiger partial charge is 0.0801 e. The highest BCUT2D eigenvalue weighted by Gasteiger charge is 2.21. The zero-order valence-corrected chi connectivity index (χ0v) is 21.6. The predicted octanol–water partition coefficient (Wildman–Crippen LogP) is 7.94. The fourth-order valence-electron chi connectivity index (χ4n) is 4.11. The predicted molar refractivity (Wildman–Crippen MR) is 149 cm³/mol. The zero-order valence-electron chi connectivity index (χ0n) is 20.8. The van der Waals surface area contributed by atoms with Gasteiger partial charge < -0.3 is 4.72 Å². The first-order chi connectivity index (χ1) is 16.5. The highest BCUT2D eigenvalue weighted by Crippen LogP contribution is 2.35. The van der Waals surface area contributed by atoms with E-state index in [0.717, 1.165) is 36.7 Å². The average molecular weight is 470 g/mol. The summed E-state index contributed by atoms with van der Waals surface area (Å²) in [6.07, 6.45) is 8.72. The summed E-state index contributed by atoms with van der Waals surface area (Å²) < 4.78 is 3.54. The van der Waals surface area contributed by atoms with E-state index in [-0.39, 0.29) is 0 Å². The Hall–Kier alpha value is -2.85. The second-order valence-corrected chi connectivity index (χ2v) is 10.1. The molecule has 0 bridgehead atoms. The standard InChI is InChI=1S/C24H25N3S.C6H10/c1-4-18-14-19(22-9-7-13-25-22)11-12-20(18)21-8-5-6-10-24(21)28-27-23-15-26-17(3)16(23)2;1-5(2)6-3-4-6/h5-8,10-14,27H,4,9,15H2,1-3H3;6H,1,3-4H2,2H3. The first-order valence-electron chi connectivity index (χ1n) is 12.2. The van der Waals surface area contributed by atoms with E-state index in [1.165, 1.54) is 56.8 Å².